The lowest BCUT2D eigenvalue weighted by Gasteiger charge is -2.11. The number of ether oxygens (including phenoxy) is 1. The summed E-state index contributed by atoms with van der Waals surface area (Å²) in [5, 5.41) is 0. The Bertz CT molecular complexity index is 1240. The molecule has 176 valence electrons. The number of carbonyl (C=O) groups is 1. The van der Waals surface area contributed by atoms with Gasteiger partial charge in [-0.2, -0.15) is 0 Å². The summed E-state index contributed by atoms with van der Waals surface area (Å²) in [6.07, 6.45) is 7.22. The Morgan fingerprint density at radius 1 is 0.912 bits per heavy atom. The normalized spacial score (nSPS) is 11.1. The zero-order valence-corrected chi connectivity index (χ0v) is 19.9. The van der Waals surface area contributed by atoms with Crippen LogP contribution in [0.25, 0.3) is 11.1 Å². The number of ketones is 1. The van der Waals surface area contributed by atoms with Crippen LogP contribution in [0.2, 0.25) is 0 Å². The van der Waals surface area contributed by atoms with Crippen LogP contribution in [0.1, 0.15) is 36.0 Å². The van der Waals surface area contributed by atoms with Crippen LogP contribution in [0.5, 0.6) is 5.75 Å². The number of benzene rings is 3. The summed E-state index contributed by atoms with van der Waals surface area (Å²) < 4.78 is 30.8. The van der Waals surface area contributed by atoms with Crippen molar-refractivity contribution in [2.45, 2.75) is 31.6 Å². The van der Waals surface area contributed by atoms with Crippen LogP contribution < -0.4 is 10.5 Å². The van der Waals surface area contributed by atoms with Crippen molar-refractivity contribution in [2.75, 3.05) is 12.3 Å². The molecule has 0 bridgehead atoms. The molecule has 0 aromatic heterocycles. The molecular weight excluding hydrogens is 446 g/mol. The molecule has 0 spiro atoms. The van der Waals surface area contributed by atoms with Crippen molar-refractivity contribution >= 4 is 15.6 Å². The minimum atomic E-state index is -3.52. The Labute approximate surface area is 201 Å². The third kappa shape index (κ3) is 7.58. The molecule has 3 aromatic rings. The number of terminal acetylenes is 1. The van der Waals surface area contributed by atoms with E-state index in [9.17, 15) is 13.2 Å². The molecular formula is C28H29NO4S. The predicted octanol–water partition coefficient (Wildman–Crippen LogP) is 4.53. The molecule has 0 amide bonds. The average molecular weight is 476 g/mol. The van der Waals surface area contributed by atoms with E-state index >= 15 is 0 Å². The standard InChI is InChI=1S/C28H29NO4S/c1-2-24-15-16-26(18-28(24)33-19-22-8-4-3-5-9-22)25-13-11-23(12-14-25)20-34(31,32)21-27(30)10-6-7-17-29/h1,3-5,8-9,11-16,18H,6-7,10,17,19-21,29H2. The number of sulfone groups is 1. The fourth-order valence-corrected chi connectivity index (χ4v) is 5.00. The Kier molecular flexibility index (Phi) is 9.03. The summed E-state index contributed by atoms with van der Waals surface area (Å²) in [5.41, 5.74) is 9.58. The fraction of sp³-hybridized carbons (Fsp3) is 0.250. The van der Waals surface area contributed by atoms with Crippen LogP contribution in [0.3, 0.4) is 0 Å². The van der Waals surface area contributed by atoms with Crippen molar-refractivity contribution in [3.8, 4) is 29.2 Å². The van der Waals surface area contributed by atoms with Gasteiger partial charge in [-0.1, -0.05) is 66.6 Å². The van der Waals surface area contributed by atoms with E-state index in [0.29, 0.717) is 42.9 Å². The smallest absolute Gasteiger partial charge is 0.161 e. The van der Waals surface area contributed by atoms with Gasteiger partial charge < -0.3 is 10.5 Å². The first-order valence-corrected chi connectivity index (χ1v) is 13.0. The lowest BCUT2D eigenvalue weighted by Crippen LogP contribution is -2.18. The molecule has 0 saturated heterocycles. The van der Waals surface area contributed by atoms with Crippen LogP contribution >= 0.6 is 0 Å². The van der Waals surface area contributed by atoms with Crippen molar-refractivity contribution in [1.82, 2.24) is 0 Å². The van der Waals surface area contributed by atoms with E-state index in [2.05, 4.69) is 5.92 Å². The maximum Gasteiger partial charge on any atom is 0.161 e. The molecule has 0 aliphatic carbocycles. The van der Waals surface area contributed by atoms with E-state index in [4.69, 9.17) is 16.9 Å². The molecule has 3 rings (SSSR count). The zero-order valence-electron chi connectivity index (χ0n) is 19.1. The number of nitrogens with two attached hydrogens (primary N) is 1. The quantitative estimate of drug-likeness (QED) is 0.307. The van der Waals surface area contributed by atoms with Crippen LogP contribution in [0, 0.1) is 12.3 Å². The van der Waals surface area contributed by atoms with E-state index < -0.39 is 15.6 Å². The fourth-order valence-electron chi connectivity index (χ4n) is 3.56. The van der Waals surface area contributed by atoms with Gasteiger partial charge in [-0.25, -0.2) is 8.42 Å². The molecule has 6 heteroatoms. The highest BCUT2D eigenvalue weighted by Crippen LogP contribution is 2.28. The molecule has 0 radical (unpaired) electrons. The Hall–Kier alpha value is -3.40. The van der Waals surface area contributed by atoms with Gasteiger partial charge in [0.15, 0.2) is 9.84 Å². The molecule has 0 heterocycles. The van der Waals surface area contributed by atoms with Gasteiger partial charge in [-0.3, -0.25) is 4.79 Å². The Morgan fingerprint density at radius 2 is 1.62 bits per heavy atom. The van der Waals surface area contributed by atoms with Gasteiger partial charge in [0.05, 0.1) is 11.3 Å². The third-order valence-corrected chi connectivity index (χ3v) is 6.87. The summed E-state index contributed by atoms with van der Waals surface area (Å²) in [7, 11) is -3.52. The number of Topliss-reactive ketones (excluding diaryl/α,β-unsaturated/α-hetero) is 1. The molecule has 0 saturated carbocycles. The molecule has 5 nitrogen and oxygen atoms in total. The summed E-state index contributed by atoms with van der Waals surface area (Å²) in [6.45, 7) is 0.902. The summed E-state index contributed by atoms with van der Waals surface area (Å²) in [4.78, 5) is 11.9. The summed E-state index contributed by atoms with van der Waals surface area (Å²) in [6, 6.07) is 22.7. The minimum Gasteiger partial charge on any atom is -0.488 e. The van der Waals surface area contributed by atoms with Gasteiger partial charge in [-0.05, 0) is 53.8 Å². The molecule has 0 atom stereocenters. The Balaban J connectivity index is 1.68. The maximum absolute atomic E-state index is 12.4. The van der Waals surface area contributed by atoms with Crippen molar-refractivity contribution in [3.05, 3.63) is 89.5 Å². The Morgan fingerprint density at radius 3 is 2.29 bits per heavy atom. The minimum absolute atomic E-state index is 0.169. The number of hydrogen-bond acceptors (Lipinski definition) is 5. The highest BCUT2D eigenvalue weighted by Gasteiger charge is 2.17. The van der Waals surface area contributed by atoms with Crippen LogP contribution in [-0.4, -0.2) is 26.5 Å². The SMILES string of the molecule is C#Cc1ccc(-c2ccc(CS(=O)(=O)CC(=O)CCCCN)cc2)cc1OCc1ccccc1. The van der Waals surface area contributed by atoms with E-state index in [0.717, 1.165) is 16.7 Å². The number of unbranched alkanes of at least 4 members (excludes halogenated alkanes) is 1. The second-order valence-electron chi connectivity index (χ2n) is 8.14. The predicted molar refractivity (Wildman–Crippen MR) is 136 cm³/mol. The second kappa shape index (κ2) is 12.2. The van der Waals surface area contributed by atoms with E-state index in [1.807, 2.05) is 60.7 Å². The zero-order chi connectivity index (χ0) is 24.4. The van der Waals surface area contributed by atoms with Crippen molar-refractivity contribution in [2.24, 2.45) is 5.73 Å². The average Bonchev–Trinajstić information content (AvgIpc) is 2.83. The first kappa shape index (κ1) is 25.2. The molecule has 34 heavy (non-hydrogen) atoms. The molecule has 0 aliphatic heterocycles. The molecule has 0 fully saturated rings. The van der Waals surface area contributed by atoms with E-state index in [-0.39, 0.29) is 18.0 Å². The van der Waals surface area contributed by atoms with Gasteiger partial charge in [-0.15, -0.1) is 6.42 Å². The highest BCUT2D eigenvalue weighted by atomic mass is 32.2. The van der Waals surface area contributed by atoms with Gasteiger partial charge in [0.25, 0.3) is 0 Å². The number of rotatable bonds is 12. The monoisotopic (exact) mass is 475 g/mol. The van der Waals surface area contributed by atoms with Gasteiger partial charge in [0, 0.05) is 6.42 Å². The summed E-state index contributed by atoms with van der Waals surface area (Å²) in [5.74, 6) is 2.40. The third-order valence-electron chi connectivity index (χ3n) is 5.34. The number of carbonyl (C=O) groups excluding carboxylic acids is 1. The van der Waals surface area contributed by atoms with Crippen LogP contribution in [-0.2, 0) is 27.0 Å². The lowest BCUT2D eigenvalue weighted by atomic mass is 10.0. The van der Waals surface area contributed by atoms with Crippen molar-refractivity contribution in [1.29, 1.82) is 0 Å². The molecule has 0 unspecified atom stereocenters. The first-order valence-electron chi connectivity index (χ1n) is 11.2. The second-order valence-corrected chi connectivity index (χ2v) is 10.2. The van der Waals surface area contributed by atoms with Gasteiger partial charge >= 0.3 is 0 Å². The first-order chi connectivity index (χ1) is 16.4. The maximum atomic E-state index is 12.4. The van der Waals surface area contributed by atoms with E-state index in [1.165, 1.54) is 0 Å². The summed E-state index contributed by atoms with van der Waals surface area (Å²) >= 11 is 0. The van der Waals surface area contributed by atoms with Gasteiger partial charge in [0.2, 0.25) is 0 Å². The van der Waals surface area contributed by atoms with Gasteiger partial charge in [0.1, 0.15) is 23.9 Å². The topological polar surface area (TPSA) is 86.5 Å². The molecule has 0 aliphatic rings. The highest BCUT2D eigenvalue weighted by molar-refractivity contribution is 7.91. The van der Waals surface area contributed by atoms with Crippen LogP contribution in [0.4, 0.5) is 0 Å². The molecule has 3 aromatic carbocycles. The lowest BCUT2D eigenvalue weighted by molar-refractivity contribution is -0.116. The van der Waals surface area contributed by atoms with E-state index in [1.54, 1.807) is 12.1 Å². The largest absolute Gasteiger partial charge is 0.488 e. The van der Waals surface area contributed by atoms with Crippen molar-refractivity contribution in [3.63, 3.8) is 0 Å². The van der Waals surface area contributed by atoms with Crippen molar-refractivity contribution < 1.29 is 17.9 Å². The van der Waals surface area contributed by atoms with Crippen LogP contribution in [0.15, 0.2) is 72.8 Å². The molecule has 2 N–H and O–H groups in total. The number of hydrogen-bond donors (Lipinski definition) is 1.